The van der Waals surface area contributed by atoms with E-state index in [0.29, 0.717) is 30.8 Å². The number of aromatic nitrogens is 3. The predicted octanol–water partition coefficient (Wildman–Crippen LogP) is 5.81. The monoisotopic (exact) mass is 427 g/mol. The van der Waals surface area contributed by atoms with E-state index in [4.69, 9.17) is 21.1 Å². The van der Waals surface area contributed by atoms with Crippen molar-refractivity contribution in [3.63, 3.8) is 0 Å². The van der Waals surface area contributed by atoms with E-state index in [-0.39, 0.29) is 5.76 Å². The second kappa shape index (κ2) is 9.32. The highest BCUT2D eigenvalue weighted by molar-refractivity contribution is 6.30. The Morgan fingerprint density at radius 2 is 1.87 bits per heavy atom. The van der Waals surface area contributed by atoms with E-state index in [9.17, 15) is 5.11 Å². The fraction of sp³-hybridized carbons (Fsp3) is 0.304. The van der Waals surface area contributed by atoms with Crippen molar-refractivity contribution in [2.75, 3.05) is 13.2 Å². The minimum Gasteiger partial charge on any atom is -0.512 e. The number of aliphatic hydroxyl groups is 1. The molecule has 3 rings (SSSR count). The number of ether oxygens (including phenoxy) is 2. The Labute approximate surface area is 181 Å². The first-order valence-electron chi connectivity index (χ1n) is 9.70. The Morgan fingerprint density at radius 1 is 1.17 bits per heavy atom. The average molecular weight is 428 g/mol. The number of hydrogen-bond acceptors (Lipinski definition) is 5. The van der Waals surface area contributed by atoms with Gasteiger partial charge in [0.25, 0.3) is 0 Å². The Bertz CT molecular complexity index is 996. The summed E-state index contributed by atoms with van der Waals surface area (Å²) in [7, 11) is 0. The zero-order valence-corrected chi connectivity index (χ0v) is 18.2. The summed E-state index contributed by atoms with van der Waals surface area (Å²) < 4.78 is 11.2. The van der Waals surface area contributed by atoms with Crippen LogP contribution in [-0.4, -0.2) is 33.3 Å². The number of nitrogens with zero attached hydrogens (tertiary/aromatic N) is 2. The van der Waals surface area contributed by atoms with Gasteiger partial charge in [0.1, 0.15) is 18.2 Å². The molecule has 7 heteroatoms. The number of benzene rings is 1. The van der Waals surface area contributed by atoms with Crippen molar-refractivity contribution < 1.29 is 14.6 Å². The van der Waals surface area contributed by atoms with Gasteiger partial charge >= 0.3 is 0 Å². The lowest BCUT2D eigenvalue weighted by atomic mass is 9.93. The number of H-pyrrole nitrogens is 1. The molecule has 30 heavy (non-hydrogen) atoms. The normalized spacial score (nSPS) is 11.5. The van der Waals surface area contributed by atoms with E-state index in [2.05, 4.69) is 21.5 Å². The van der Waals surface area contributed by atoms with Gasteiger partial charge < -0.3 is 19.6 Å². The minimum atomic E-state index is -0.507. The van der Waals surface area contributed by atoms with E-state index in [1.807, 2.05) is 57.2 Å². The molecule has 2 heterocycles. The van der Waals surface area contributed by atoms with Crippen LogP contribution >= 0.6 is 11.6 Å². The summed E-state index contributed by atoms with van der Waals surface area (Å²) in [5.74, 6) is 1.48. The average Bonchev–Trinajstić information content (AvgIpc) is 3.11. The summed E-state index contributed by atoms with van der Waals surface area (Å²) in [4.78, 5) is 12.1. The number of rotatable bonds is 9. The Balaban J connectivity index is 1.68. The van der Waals surface area contributed by atoms with Gasteiger partial charge in [-0.1, -0.05) is 18.2 Å². The molecule has 0 bridgehead atoms. The molecule has 3 aromatic rings. The van der Waals surface area contributed by atoms with Crippen LogP contribution in [0.2, 0.25) is 5.15 Å². The molecule has 2 N–H and O–H groups in total. The van der Waals surface area contributed by atoms with Gasteiger partial charge in [-0.15, -0.1) is 0 Å². The van der Waals surface area contributed by atoms with Crippen LogP contribution in [0, 0.1) is 5.41 Å². The van der Waals surface area contributed by atoms with E-state index < -0.39 is 5.41 Å². The predicted molar refractivity (Wildman–Crippen MR) is 119 cm³/mol. The molecule has 158 valence electrons. The van der Waals surface area contributed by atoms with Gasteiger partial charge in [0, 0.05) is 23.9 Å². The maximum atomic E-state index is 9.61. The van der Waals surface area contributed by atoms with Crippen LogP contribution in [0.4, 0.5) is 0 Å². The van der Waals surface area contributed by atoms with E-state index in [1.165, 1.54) is 0 Å². The lowest BCUT2D eigenvalue weighted by molar-refractivity contribution is 0.131. The topological polar surface area (TPSA) is 80.3 Å². The first-order valence-corrected chi connectivity index (χ1v) is 10.1. The van der Waals surface area contributed by atoms with Crippen LogP contribution in [0.15, 0.2) is 54.9 Å². The summed E-state index contributed by atoms with van der Waals surface area (Å²) >= 11 is 6.17. The fourth-order valence-corrected chi connectivity index (χ4v) is 2.78. The zero-order chi connectivity index (χ0) is 21.7. The molecule has 0 fully saturated rings. The number of nitrogens with one attached hydrogen (secondary N) is 1. The van der Waals surface area contributed by atoms with Crippen LogP contribution in [-0.2, 0) is 11.3 Å². The largest absolute Gasteiger partial charge is 0.512 e. The molecular weight excluding hydrogens is 402 g/mol. The van der Waals surface area contributed by atoms with Gasteiger partial charge in [-0.2, -0.15) is 0 Å². The van der Waals surface area contributed by atoms with Gasteiger partial charge in [0.2, 0.25) is 0 Å². The number of imidazole rings is 1. The Morgan fingerprint density at radius 3 is 2.47 bits per heavy atom. The standard InChI is InChI=1S/C23H26ClN3O3/c1-5-29-13-20-21(24)27-22(26-20)17-8-11-19(25-12-17)16-6-9-18(10-7-16)30-14-23(3,4)15(2)28/h6-12,28H,2,5,13-14H2,1,3-4H3,(H,26,27). The van der Waals surface area contributed by atoms with E-state index in [0.717, 1.165) is 28.3 Å². The molecule has 1 aromatic carbocycles. The molecule has 0 unspecified atom stereocenters. The minimum absolute atomic E-state index is 0.103. The first kappa shape index (κ1) is 21.9. The van der Waals surface area contributed by atoms with Crippen molar-refractivity contribution in [3.8, 4) is 28.4 Å². The molecule has 0 aliphatic carbocycles. The van der Waals surface area contributed by atoms with Gasteiger partial charge in [-0.05, 0) is 57.2 Å². The lowest BCUT2D eigenvalue weighted by Crippen LogP contribution is -2.23. The molecule has 0 atom stereocenters. The van der Waals surface area contributed by atoms with Crippen molar-refractivity contribution in [1.82, 2.24) is 15.0 Å². The van der Waals surface area contributed by atoms with Gasteiger partial charge in [0.15, 0.2) is 5.15 Å². The molecule has 6 nitrogen and oxygen atoms in total. The SMILES string of the molecule is C=C(O)C(C)(C)COc1ccc(-c2ccc(-c3nc(Cl)c(COCC)[nH]3)cn2)cc1. The van der Waals surface area contributed by atoms with E-state index in [1.54, 1.807) is 6.20 Å². The van der Waals surface area contributed by atoms with Crippen molar-refractivity contribution in [1.29, 1.82) is 0 Å². The molecule has 0 saturated heterocycles. The third-order valence-electron chi connectivity index (χ3n) is 4.75. The maximum absolute atomic E-state index is 9.61. The van der Waals surface area contributed by atoms with Crippen molar-refractivity contribution in [2.45, 2.75) is 27.4 Å². The summed E-state index contributed by atoms with van der Waals surface area (Å²) in [6.07, 6.45) is 1.76. The number of halogens is 1. The Kier molecular flexibility index (Phi) is 6.80. The molecule has 0 spiro atoms. The second-order valence-corrected chi connectivity index (χ2v) is 7.93. The van der Waals surface area contributed by atoms with Crippen LogP contribution in [0.3, 0.4) is 0 Å². The summed E-state index contributed by atoms with van der Waals surface area (Å²) in [6, 6.07) is 11.5. The number of aliphatic hydroxyl groups excluding tert-OH is 1. The quantitative estimate of drug-likeness (QED) is 0.421. The molecular formula is C23H26ClN3O3. The van der Waals surface area contributed by atoms with Gasteiger partial charge in [0.05, 0.1) is 29.2 Å². The highest BCUT2D eigenvalue weighted by Crippen LogP contribution is 2.27. The van der Waals surface area contributed by atoms with Gasteiger partial charge in [-0.3, -0.25) is 4.98 Å². The molecule has 0 aliphatic heterocycles. The highest BCUT2D eigenvalue weighted by atomic mass is 35.5. The van der Waals surface area contributed by atoms with Crippen molar-refractivity contribution >= 4 is 11.6 Å². The first-order chi connectivity index (χ1) is 14.3. The summed E-state index contributed by atoms with van der Waals surface area (Å²) in [5, 5.41) is 10.0. The molecule has 0 aliphatic rings. The lowest BCUT2D eigenvalue weighted by Gasteiger charge is -2.23. The summed E-state index contributed by atoms with van der Waals surface area (Å²) in [5.41, 5.74) is 2.89. The molecule has 0 radical (unpaired) electrons. The third kappa shape index (κ3) is 5.20. The fourth-order valence-electron chi connectivity index (χ4n) is 2.60. The van der Waals surface area contributed by atoms with Gasteiger partial charge in [-0.25, -0.2) is 4.98 Å². The molecule has 0 saturated carbocycles. The van der Waals surface area contributed by atoms with E-state index >= 15 is 0 Å². The van der Waals surface area contributed by atoms with Crippen molar-refractivity contribution in [2.24, 2.45) is 5.41 Å². The molecule has 2 aromatic heterocycles. The van der Waals surface area contributed by atoms with Crippen LogP contribution in [0.25, 0.3) is 22.6 Å². The number of hydrogen-bond donors (Lipinski definition) is 2. The van der Waals surface area contributed by atoms with Crippen molar-refractivity contribution in [3.05, 3.63) is 65.8 Å². The van der Waals surface area contributed by atoms with Crippen LogP contribution in [0.5, 0.6) is 5.75 Å². The zero-order valence-electron chi connectivity index (χ0n) is 17.4. The number of aromatic amines is 1. The third-order valence-corrected chi connectivity index (χ3v) is 5.06. The van der Waals surface area contributed by atoms with Crippen LogP contribution < -0.4 is 4.74 Å². The highest BCUT2D eigenvalue weighted by Gasteiger charge is 2.22. The summed E-state index contributed by atoms with van der Waals surface area (Å²) in [6.45, 7) is 10.6. The maximum Gasteiger partial charge on any atom is 0.153 e. The molecule has 0 amide bonds. The smallest absolute Gasteiger partial charge is 0.153 e. The second-order valence-electron chi connectivity index (χ2n) is 7.57. The number of pyridine rings is 1. The Hall–Kier alpha value is -2.83. The van der Waals surface area contributed by atoms with Crippen LogP contribution in [0.1, 0.15) is 26.5 Å².